The maximum atomic E-state index is 6.58. The Bertz CT molecular complexity index is 3840. The molecule has 1 saturated carbocycles. The number of rotatable bonds is 17. The lowest BCUT2D eigenvalue weighted by atomic mass is 9.61. The average molecular weight is 1160 g/mol. The summed E-state index contributed by atoms with van der Waals surface area (Å²) >= 11 is 0. The smallest absolute Gasteiger partial charge is 0.119 e. The van der Waals surface area contributed by atoms with Crippen LogP contribution in [0.2, 0.25) is 0 Å². The lowest BCUT2D eigenvalue weighted by Crippen LogP contribution is -2.37. The zero-order valence-corrected chi connectivity index (χ0v) is 53.8. The van der Waals surface area contributed by atoms with Crippen LogP contribution < -0.4 is 10.1 Å². The molecule has 10 atom stereocenters. The van der Waals surface area contributed by atoms with E-state index in [-0.39, 0.29) is 16.9 Å². The maximum absolute atomic E-state index is 6.58. The molecule has 0 radical (unpaired) electrons. The van der Waals surface area contributed by atoms with Gasteiger partial charge in [0.25, 0.3) is 0 Å². The highest BCUT2D eigenvalue weighted by molar-refractivity contribution is 5.95. The van der Waals surface area contributed by atoms with Crippen molar-refractivity contribution in [3.63, 3.8) is 0 Å². The molecule has 9 aliphatic carbocycles. The Hall–Kier alpha value is -7.10. The van der Waals surface area contributed by atoms with Crippen molar-refractivity contribution in [2.24, 2.45) is 46.3 Å². The van der Waals surface area contributed by atoms with Crippen LogP contribution in [0.1, 0.15) is 201 Å². The second-order valence-corrected chi connectivity index (χ2v) is 29.5. The van der Waals surface area contributed by atoms with Crippen LogP contribution in [0.5, 0.6) is 5.75 Å². The van der Waals surface area contributed by atoms with E-state index in [0.29, 0.717) is 47.0 Å². The standard InChI is InChI=1S/C85H96N2O/c1-9-56-24-28-58(29-25-56)63-34-45-72-73-47-42-68(55-79(73)84(7,8)78(72)53-63)87-81-48-35-61(59-30-37-64(38-31-59)83(4,5)6)51-75(81)76-52-62(36-49-82(76)87)60-32-39-66(40-33-60)86-67-41-46-74-71-22-15-16-23-77(71)85(80(74)54-67,65-19-13-12-14-20-65)50-18-17-21-69(11-3)88-70-43-26-57(10-2)27-44-70/h9-10,12-13,15-16,22-30,32,34-35,39-44,47-48,51-54,60,64-65,68-69,72-74,79,86H,1-2,11,14,17-21,31,33,36-38,45-46,49-50,55H2,3-8H3. The summed E-state index contributed by atoms with van der Waals surface area (Å²) < 4.78 is 9.41. The second-order valence-electron chi connectivity index (χ2n) is 29.5. The van der Waals surface area contributed by atoms with Gasteiger partial charge in [0.1, 0.15) is 5.75 Å². The van der Waals surface area contributed by atoms with Crippen molar-refractivity contribution in [1.29, 1.82) is 0 Å². The van der Waals surface area contributed by atoms with Gasteiger partial charge in [0.15, 0.2) is 0 Å². The Morgan fingerprint density at radius 2 is 1.53 bits per heavy atom. The Morgan fingerprint density at radius 1 is 0.739 bits per heavy atom. The second kappa shape index (κ2) is 24.0. The molecule has 1 fully saturated rings. The molecule has 0 aliphatic heterocycles. The summed E-state index contributed by atoms with van der Waals surface area (Å²) in [6, 6.07) is 34.9. The van der Waals surface area contributed by atoms with Gasteiger partial charge in [0.05, 0.1) is 12.1 Å². The van der Waals surface area contributed by atoms with Gasteiger partial charge in [-0.2, -0.15) is 0 Å². The topological polar surface area (TPSA) is 26.2 Å². The minimum absolute atomic E-state index is 0.0259. The fourth-order valence-corrected chi connectivity index (χ4v) is 18.5. The molecule has 452 valence electrons. The zero-order valence-electron chi connectivity index (χ0n) is 53.8. The van der Waals surface area contributed by atoms with Crippen LogP contribution in [-0.2, 0) is 11.8 Å². The Morgan fingerprint density at radius 3 is 2.27 bits per heavy atom. The number of hydrogen-bond donors (Lipinski definition) is 1. The van der Waals surface area contributed by atoms with Gasteiger partial charge in [-0.15, -0.1) is 0 Å². The van der Waals surface area contributed by atoms with Crippen LogP contribution in [0, 0.1) is 46.3 Å². The largest absolute Gasteiger partial charge is 0.490 e. The van der Waals surface area contributed by atoms with E-state index in [9.17, 15) is 0 Å². The van der Waals surface area contributed by atoms with Crippen LogP contribution in [0.4, 0.5) is 0 Å². The van der Waals surface area contributed by atoms with Crippen molar-refractivity contribution in [2.75, 3.05) is 0 Å². The van der Waals surface area contributed by atoms with Gasteiger partial charge in [-0.1, -0.05) is 218 Å². The molecule has 0 spiro atoms. The molecule has 14 rings (SSSR count). The van der Waals surface area contributed by atoms with E-state index in [0.717, 1.165) is 81.4 Å². The molecule has 5 aromatic rings. The van der Waals surface area contributed by atoms with Crippen LogP contribution in [0.15, 0.2) is 205 Å². The predicted molar refractivity (Wildman–Crippen MR) is 374 cm³/mol. The molecule has 4 aromatic carbocycles. The normalized spacial score (nSPS) is 27.9. The number of unbranched alkanes of at least 4 members (excludes halogenated alkanes) is 1. The van der Waals surface area contributed by atoms with Crippen LogP contribution in [-0.4, -0.2) is 10.7 Å². The van der Waals surface area contributed by atoms with E-state index in [1.54, 1.807) is 39.1 Å². The van der Waals surface area contributed by atoms with E-state index < -0.39 is 0 Å². The first-order valence-corrected chi connectivity index (χ1v) is 34.4. The predicted octanol–water partition coefficient (Wildman–Crippen LogP) is 22.4. The van der Waals surface area contributed by atoms with Gasteiger partial charge < -0.3 is 14.6 Å². The summed E-state index contributed by atoms with van der Waals surface area (Å²) in [5.74, 6) is 4.83. The summed E-state index contributed by atoms with van der Waals surface area (Å²) in [6.07, 6.45) is 56.5. The molecule has 88 heavy (non-hydrogen) atoms. The molecular weight excluding hydrogens is 1060 g/mol. The number of nitrogens with one attached hydrogen (secondary N) is 1. The van der Waals surface area contributed by atoms with E-state index in [4.69, 9.17) is 4.74 Å². The molecule has 10 unspecified atom stereocenters. The van der Waals surface area contributed by atoms with E-state index >= 15 is 0 Å². The van der Waals surface area contributed by atoms with Gasteiger partial charge >= 0.3 is 0 Å². The maximum Gasteiger partial charge on any atom is 0.119 e. The highest BCUT2D eigenvalue weighted by Crippen LogP contribution is 2.63. The third kappa shape index (κ3) is 10.8. The Kier molecular flexibility index (Phi) is 16.0. The van der Waals surface area contributed by atoms with Crippen molar-refractivity contribution in [2.45, 2.75) is 174 Å². The molecule has 0 amide bonds. The number of ether oxygens (including phenoxy) is 1. The molecule has 0 saturated heterocycles. The lowest BCUT2D eigenvalue weighted by Gasteiger charge is -2.43. The van der Waals surface area contributed by atoms with E-state index in [1.807, 2.05) is 12.2 Å². The molecule has 3 heteroatoms. The van der Waals surface area contributed by atoms with Crippen LogP contribution in [0.3, 0.4) is 0 Å². The van der Waals surface area contributed by atoms with Gasteiger partial charge in [0, 0.05) is 50.8 Å². The first-order chi connectivity index (χ1) is 42.8. The monoisotopic (exact) mass is 1160 g/mol. The summed E-state index contributed by atoms with van der Waals surface area (Å²) in [5, 5.41) is 5.49. The van der Waals surface area contributed by atoms with Gasteiger partial charge in [-0.25, -0.2) is 0 Å². The van der Waals surface area contributed by atoms with Crippen LogP contribution in [0.25, 0.3) is 40.3 Å². The molecule has 3 nitrogen and oxygen atoms in total. The highest BCUT2D eigenvalue weighted by Gasteiger charge is 2.54. The highest BCUT2D eigenvalue weighted by atomic mass is 16.5. The zero-order chi connectivity index (χ0) is 60.3. The first kappa shape index (κ1) is 58.6. The lowest BCUT2D eigenvalue weighted by molar-refractivity contribution is 0.179. The fraction of sp³-hybridized carbons (Fsp3) is 0.412. The Labute approximate surface area is 528 Å². The number of allylic oxidation sites excluding steroid dienone is 17. The molecule has 1 N–H and O–H groups in total. The van der Waals surface area contributed by atoms with Crippen molar-refractivity contribution in [3.05, 3.63) is 250 Å². The van der Waals surface area contributed by atoms with Gasteiger partial charge in [-0.05, 0) is 230 Å². The summed E-state index contributed by atoms with van der Waals surface area (Å²) in [4.78, 5) is 0. The van der Waals surface area contributed by atoms with Crippen molar-refractivity contribution >= 4 is 40.3 Å². The fourth-order valence-electron chi connectivity index (χ4n) is 18.5. The number of nitrogens with zero attached hydrogens (tertiary/aromatic N) is 1. The first-order valence-electron chi connectivity index (χ1n) is 34.4. The summed E-state index contributed by atoms with van der Waals surface area (Å²) in [5.41, 5.74) is 23.5. The number of aromatic nitrogens is 1. The molecular formula is C85H96N2O. The quantitative estimate of drug-likeness (QED) is 0.0742. The number of benzene rings is 4. The molecule has 9 aliphatic rings. The Balaban J connectivity index is 0.719. The SMILES string of the molecule is C=Cc1ccc(OC(CC)CCCCC2(C3CC=CCC3)C3=CC(NC4=CCC(C5=Cc6c(n(C7C=CC8C9CC=C(c%10ccc(C=C)cc%10)C=C9C(C)(C)C8C7)c7ccc(C8=CCC(C(C)(C)C)CC8)cc67)CC5)C=C4)=CCC3c3ccccc32)cc1. The summed E-state index contributed by atoms with van der Waals surface area (Å²) in [7, 11) is 0. The third-order valence-corrected chi connectivity index (χ3v) is 23.5. The summed E-state index contributed by atoms with van der Waals surface area (Å²) in [6.45, 7) is 22.6. The van der Waals surface area contributed by atoms with E-state index in [2.05, 4.69) is 235 Å². The molecule has 1 heterocycles. The average Bonchev–Trinajstić information content (AvgIpc) is 1.61. The van der Waals surface area contributed by atoms with Crippen molar-refractivity contribution in [1.82, 2.24) is 9.88 Å². The minimum atomic E-state index is 0.0259. The van der Waals surface area contributed by atoms with E-state index in [1.165, 1.54) is 95.1 Å². The van der Waals surface area contributed by atoms with Crippen molar-refractivity contribution in [3.8, 4) is 5.75 Å². The molecule has 0 bridgehead atoms. The van der Waals surface area contributed by atoms with Crippen molar-refractivity contribution < 1.29 is 4.74 Å². The molecule has 1 aromatic heterocycles. The van der Waals surface area contributed by atoms with Gasteiger partial charge in [0.2, 0.25) is 0 Å². The van der Waals surface area contributed by atoms with Crippen LogP contribution >= 0.6 is 0 Å². The minimum Gasteiger partial charge on any atom is -0.490 e. The number of hydrogen-bond acceptors (Lipinski definition) is 2. The third-order valence-electron chi connectivity index (χ3n) is 23.5. The number of fused-ring (bicyclic) bond motifs is 9. The van der Waals surface area contributed by atoms with Gasteiger partial charge in [-0.3, -0.25) is 0 Å².